The fourth-order valence-corrected chi connectivity index (χ4v) is 2.58. The van der Waals surface area contributed by atoms with Gasteiger partial charge >= 0.3 is 18.0 Å². The smallest absolute Gasteiger partial charge is 0.407 e. The van der Waals surface area contributed by atoms with Gasteiger partial charge in [-0.3, -0.25) is 9.59 Å². The number of amides is 1. The molecule has 7 heteroatoms. The number of ether oxygens (including phenoxy) is 3. The Balaban J connectivity index is 3.64. The first-order valence-corrected chi connectivity index (χ1v) is 11.5. The molecule has 0 aliphatic rings. The maximum absolute atomic E-state index is 11.8. The zero-order valence-corrected chi connectivity index (χ0v) is 19.7. The summed E-state index contributed by atoms with van der Waals surface area (Å²) in [7, 11) is 0. The number of carbonyl (C=O) groups excluding carboxylic acids is 3. The molecule has 0 aromatic carbocycles. The van der Waals surface area contributed by atoms with E-state index in [2.05, 4.69) is 19.2 Å². The third-order valence-corrected chi connectivity index (χ3v) is 5.32. The van der Waals surface area contributed by atoms with Crippen molar-refractivity contribution in [3.63, 3.8) is 0 Å². The minimum absolute atomic E-state index is 0.122. The fourth-order valence-electron chi connectivity index (χ4n) is 2.58. The Hall–Kier alpha value is -1.79. The first kappa shape index (κ1) is 28.2. The lowest BCUT2D eigenvalue weighted by Crippen LogP contribution is -2.32. The monoisotopic (exact) mass is 429 g/mol. The molecule has 1 N–H and O–H groups in total. The Labute approximate surface area is 182 Å². The average molecular weight is 430 g/mol. The number of hydrogen-bond acceptors (Lipinski definition) is 6. The molecule has 0 aromatic heterocycles. The van der Waals surface area contributed by atoms with Gasteiger partial charge in [-0.2, -0.15) is 0 Å². The molecular formula is C23H43NO6. The van der Waals surface area contributed by atoms with Crippen LogP contribution in [0.25, 0.3) is 0 Å². The molecule has 1 atom stereocenters. The summed E-state index contributed by atoms with van der Waals surface area (Å²) in [6.45, 7) is 11.0. The van der Waals surface area contributed by atoms with E-state index < -0.39 is 11.5 Å². The summed E-state index contributed by atoms with van der Waals surface area (Å²) in [5, 5.41) is 2.55. The highest BCUT2D eigenvalue weighted by atomic mass is 16.6. The van der Waals surface area contributed by atoms with Gasteiger partial charge in [0.1, 0.15) is 6.61 Å². The molecule has 0 aromatic rings. The molecule has 0 rings (SSSR count). The Morgan fingerprint density at radius 3 is 2.27 bits per heavy atom. The van der Waals surface area contributed by atoms with E-state index in [0.717, 1.165) is 32.1 Å². The quantitative estimate of drug-likeness (QED) is 0.198. The van der Waals surface area contributed by atoms with Crippen LogP contribution in [0.5, 0.6) is 0 Å². The van der Waals surface area contributed by atoms with E-state index in [-0.39, 0.29) is 25.1 Å². The van der Waals surface area contributed by atoms with Gasteiger partial charge in [-0.15, -0.1) is 0 Å². The number of nitrogens with one attached hydrogen (secondary N) is 1. The Bertz CT molecular complexity index is 492. The number of carbonyl (C=O) groups is 3. The van der Waals surface area contributed by atoms with Gasteiger partial charge in [-0.25, -0.2) is 4.79 Å². The highest BCUT2D eigenvalue weighted by molar-refractivity contribution is 5.75. The molecule has 1 amide bonds. The summed E-state index contributed by atoms with van der Waals surface area (Å²) in [6.07, 6.45) is 7.24. The Kier molecular flexibility index (Phi) is 15.9. The molecule has 0 heterocycles. The van der Waals surface area contributed by atoms with Crippen molar-refractivity contribution in [2.24, 2.45) is 11.3 Å². The van der Waals surface area contributed by atoms with Crippen molar-refractivity contribution in [1.29, 1.82) is 0 Å². The second-order valence-electron chi connectivity index (χ2n) is 8.35. The third-order valence-electron chi connectivity index (χ3n) is 5.32. The number of rotatable bonds is 17. The van der Waals surface area contributed by atoms with Crippen molar-refractivity contribution in [2.75, 3.05) is 26.4 Å². The van der Waals surface area contributed by atoms with Gasteiger partial charge in [0.15, 0.2) is 0 Å². The molecule has 0 spiro atoms. The zero-order valence-electron chi connectivity index (χ0n) is 19.7. The summed E-state index contributed by atoms with van der Waals surface area (Å²) in [6, 6.07) is 0. The predicted molar refractivity (Wildman–Crippen MR) is 117 cm³/mol. The van der Waals surface area contributed by atoms with Crippen molar-refractivity contribution >= 4 is 18.0 Å². The van der Waals surface area contributed by atoms with Crippen LogP contribution in [0.15, 0.2) is 0 Å². The summed E-state index contributed by atoms with van der Waals surface area (Å²) in [5.41, 5.74) is -0.514. The molecule has 30 heavy (non-hydrogen) atoms. The van der Waals surface area contributed by atoms with Crippen LogP contribution in [0.4, 0.5) is 4.79 Å². The van der Waals surface area contributed by atoms with Gasteiger partial charge in [-0.1, -0.05) is 40.0 Å². The molecule has 0 saturated heterocycles. The molecule has 0 radical (unpaired) electrons. The molecule has 7 nitrogen and oxygen atoms in total. The molecule has 0 bridgehead atoms. The van der Waals surface area contributed by atoms with Crippen LogP contribution in [0.3, 0.4) is 0 Å². The minimum atomic E-state index is -0.530. The lowest BCUT2D eigenvalue weighted by Gasteiger charge is -2.20. The van der Waals surface area contributed by atoms with Crippen molar-refractivity contribution in [2.45, 2.75) is 92.4 Å². The number of hydrogen-bond donors (Lipinski definition) is 1. The molecule has 0 aliphatic heterocycles. The summed E-state index contributed by atoms with van der Waals surface area (Å²) < 4.78 is 15.6. The van der Waals surface area contributed by atoms with E-state index >= 15 is 0 Å². The van der Waals surface area contributed by atoms with Gasteiger partial charge in [0.2, 0.25) is 0 Å². The summed E-state index contributed by atoms with van der Waals surface area (Å²) >= 11 is 0. The van der Waals surface area contributed by atoms with Gasteiger partial charge in [0.25, 0.3) is 0 Å². The molecular weight excluding hydrogens is 386 g/mol. The maximum atomic E-state index is 11.8. The zero-order chi connectivity index (χ0) is 22.8. The van der Waals surface area contributed by atoms with E-state index in [1.165, 1.54) is 6.42 Å². The Morgan fingerprint density at radius 2 is 1.63 bits per heavy atom. The summed E-state index contributed by atoms with van der Waals surface area (Å²) in [5.74, 6) is 0.0387. The van der Waals surface area contributed by atoms with E-state index in [1.54, 1.807) is 0 Å². The van der Waals surface area contributed by atoms with Crippen molar-refractivity contribution in [3.05, 3.63) is 0 Å². The highest BCUT2D eigenvalue weighted by Gasteiger charge is 2.26. The van der Waals surface area contributed by atoms with Crippen LogP contribution < -0.4 is 5.32 Å². The molecule has 0 fully saturated rings. The first-order chi connectivity index (χ1) is 14.3. The van der Waals surface area contributed by atoms with Crippen molar-refractivity contribution in [3.8, 4) is 0 Å². The lowest BCUT2D eigenvalue weighted by atomic mass is 9.91. The minimum Gasteiger partial charge on any atom is -0.465 e. The molecule has 1 unspecified atom stereocenters. The predicted octanol–water partition coefficient (Wildman–Crippen LogP) is 5.01. The average Bonchev–Trinajstić information content (AvgIpc) is 2.73. The molecule has 176 valence electrons. The normalized spacial score (nSPS) is 12.2. The van der Waals surface area contributed by atoms with E-state index in [0.29, 0.717) is 38.4 Å². The number of esters is 2. The van der Waals surface area contributed by atoms with Gasteiger partial charge in [-0.05, 0) is 51.9 Å². The standard InChI is InChI=1S/C23H43NO6/c1-6-9-13-19(7-2)18-30-20(25)14-11-10-12-16-29-22(27)24-15-17-28-21(26)23(4,5)8-3/h19H,6-18H2,1-5H3,(H,24,27). The highest BCUT2D eigenvalue weighted by Crippen LogP contribution is 2.21. The van der Waals surface area contributed by atoms with E-state index in [9.17, 15) is 14.4 Å². The van der Waals surface area contributed by atoms with Crippen LogP contribution in [0, 0.1) is 11.3 Å². The number of unbranched alkanes of at least 4 members (excludes halogenated alkanes) is 3. The SMILES string of the molecule is CCCCC(CC)COC(=O)CCCCCOC(=O)NCCOC(=O)C(C)(C)CC. The van der Waals surface area contributed by atoms with Crippen LogP contribution in [0.2, 0.25) is 0 Å². The molecule has 0 aliphatic carbocycles. The van der Waals surface area contributed by atoms with Crippen LogP contribution >= 0.6 is 0 Å². The first-order valence-electron chi connectivity index (χ1n) is 11.5. The van der Waals surface area contributed by atoms with Gasteiger partial charge in [0, 0.05) is 6.42 Å². The molecule has 0 saturated carbocycles. The number of alkyl carbamates (subject to hydrolysis) is 1. The van der Waals surface area contributed by atoms with Crippen molar-refractivity contribution in [1.82, 2.24) is 5.32 Å². The van der Waals surface area contributed by atoms with Crippen molar-refractivity contribution < 1.29 is 28.6 Å². The largest absolute Gasteiger partial charge is 0.465 e. The van der Waals surface area contributed by atoms with Crippen LogP contribution in [-0.4, -0.2) is 44.4 Å². The van der Waals surface area contributed by atoms with Crippen LogP contribution in [0.1, 0.15) is 92.4 Å². The second-order valence-corrected chi connectivity index (χ2v) is 8.35. The summed E-state index contributed by atoms with van der Waals surface area (Å²) in [4.78, 5) is 35.2. The van der Waals surface area contributed by atoms with E-state index in [1.807, 2.05) is 20.8 Å². The second kappa shape index (κ2) is 16.9. The van der Waals surface area contributed by atoms with Crippen LogP contribution in [-0.2, 0) is 23.8 Å². The fraction of sp³-hybridized carbons (Fsp3) is 0.870. The van der Waals surface area contributed by atoms with E-state index in [4.69, 9.17) is 14.2 Å². The lowest BCUT2D eigenvalue weighted by molar-refractivity contribution is -0.154. The van der Waals surface area contributed by atoms with Gasteiger partial charge < -0.3 is 19.5 Å². The Morgan fingerprint density at radius 1 is 0.900 bits per heavy atom. The topological polar surface area (TPSA) is 90.9 Å². The maximum Gasteiger partial charge on any atom is 0.407 e. The van der Waals surface area contributed by atoms with Gasteiger partial charge in [0.05, 0.1) is 25.2 Å². The third kappa shape index (κ3) is 14.2.